The molecule has 2 atom stereocenters. The van der Waals surface area contributed by atoms with Crippen molar-refractivity contribution in [3.8, 4) is 0 Å². The Kier molecular flexibility index (Phi) is 8.72. The lowest BCUT2D eigenvalue weighted by Crippen LogP contribution is -2.19. The number of carbonyl (C=O) groups is 2. The number of allylic oxidation sites excluding steroid dienone is 3. The van der Waals surface area contributed by atoms with E-state index < -0.39 is 0 Å². The Morgan fingerprint density at radius 1 is 1.19 bits per heavy atom. The first-order valence-electron chi connectivity index (χ1n) is 8.17. The second kappa shape index (κ2) is 10.4. The van der Waals surface area contributed by atoms with Gasteiger partial charge in [-0.1, -0.05) is 38.2 Å². The number of Topliss-reactive ketones (excluding diaryl/α,β-unsaturated/α-hetero) is 1. The van der Waals surface area contributed by atoms with Crippen LogP contribution in [0.15, 0.2) is 24.3 Å². The fourth-order valence-electron chi connectivity index (χ4n) is 2.75. The molecule has 0 bridgehead atoms. The van der Waals surface area contributed by atoms with E-state index >= 15 is 0 Å². The average molecular weight is 292 g/mol. The van der Waals surface area contributed by atoms with Gasteiger partial charge in [0.15, 0.2) is 0 Å². The Morgan fingerprint density at radius 2 is 1.90 bits per heavy atom. The number of esters is 1. The summed E-state index contributed by atoms with van der Waals surface area (Å²) < 4.78 is 5.24. The summed E-state index contributed by atoms with van der Waals surface area (Å²) >= 11 is 0. The highest BCUT2D eigenvalue weighted by Gasteiger charge is 2.35. The molecule has 0 spiro atoms. The maximum Gasteiger partial charge on any atom is 0.306 e. The third kappa shape index (κ3) is 6.74. The van der Waals surface area contributed by atoms with E-state index in [1.807, 2.05) is 6.08 Å². The van der Waals surface area contributed by atoms with Crippen molar-refractivity contribution in [2.75, 3.05) is 6.61 Å². The summed E-state index contributed by atoms with van der Waals surface area (Å²) in [5.41, 5.74) is 0. The molecule has 0 amide bonds. The molecule has 0 heterocycles. The molecule has 2 unspecified atom stereocenters. The minimum atomic E-state index is -0.163. The molecule has 1 rings (SSSR count). The number of hydrogen-bond donors (Lipinski definition) is 0. The Bertz CT molecular complexity index is 382. The molecule has 1 aliphatic rings. The van der Waals surface area contributed by atoms with Crippen LogP contribution < -0.4 is 0 Å². The summed E-state index contributed by atoms with van der Waals surface area (Å²) in [4.78, 5) is 23.7. The molecule has 0 aromatic heterocycles. The lowest BCUT2D eigenvalue weighted by molar-refractivity contribution is -0.144. The first-order valence-corrected chi connectivity index (χ1v) is 8.17. The Morgan fingerprint density at radius 3 is 2.62 bits per heavy atom. The quantitative estimate of drug-likeness (QED) is 0.363. The lowest BCUT2D eigenvalue weighted by Gasteiger charge is -2.16. The highest BCUT2D eigenvalue weighted by atomic mass is 16.5. The monoisotopic (exact) mass is 292 g/mol. The average Bonchev–Trinajstić information content (AvgIpc) is 2.80. The molecule has 118 valence electrons. The van der Waals surface area contributed by atoms with Crippen LogP contribution in [0.3, 0.4) is 0 Å². The minimum Gasteiger partial charge on any atom is -0.465 e. The first kappa shape index (κ1) is 17.7. The molecule has 1 aliphatic carbocycles. The number of rotatable bonds is 9. The number of ketones is 1. The smallest absolute Gasteiger partial charge is 0.306 e. The molecule has 0 N–H and O–H groups in total. The zero-order valence-electron chi connectivity index (χ0n) is 13.3. The molecule has 0 radical (unpaired) electrons. The number of ether oxygens (including phenoxy) is 1. The molecule has 3 heteroatoms. The van der Waals surface area contributed by atoms with E-state index in [0.717, 1.165) is 32.1 Å². The summed E-state index contributed by atoms with van der Waals surface area (Å²) in [5.74, 6) is 0.321. The van der Waals surface area contributed by atoms with E-state index in [1.165, 1.54) is 0 Å². The predicted molar refractivity (Wildman–Crippen MR) is 84.9 cm³/mol. The highest BCUT2D eigenvalue weighted by Crippen LogP contribution is 2.34. The van der Waals surface area contributed by atoms with Crippen LogP contribution in [0.5, 0.6) is 0 Å². The van der Waals surface area contributed by atoms with E-state index in [4.69, 9.17) is 4.74 Å². The fourth-order valence-corrected chi connectivity index (χ4v) is 2.75. The van der Waals surface area contributed by atoms with Gasteiger partial charge in [-0.25, -0.2) is 0 Å². The fraction of sp³-hybridized carbons (Fsp3) is 0.667. The molecule has 1 saturated carbocycles. The third-order valence-electron chi connectivity index (χ3n) is 3.92. The molecule has 0 saturated heterocycles. The zero-order valence-corrected chi connectivity index (χ0v) is 13.3. The number of hydrogen-bond acceptors (Lipinski definition) is 3. The largest absolute Gasteiger partial charge is 0.465 e. The van der Waals surface area contributed by atoms with E-state index in [0.29, 0.717) is 25.2 Å². The van der Waals surface area contributed by atoms with Gasteiger partial charge in [-0.15, -0.1) is 0 Å². The van der Waals surface area contributed by atoms with Gasteiger partial charge in [-0.3, -0.25) is 9.59 Å². The van der Waals surface area contributed by atoms with Crippen molar-refractivity contribution in [1.82, 2.24) is 0 Å². The topological polar surface area (TPSA) is 43.4 Å². The summed E-state index contributed by atoms with van der Waals surface area (Å²) in [7, 11) is 0. The van der Waals surface area contributed by atoms with Crippen LogP contribution in [0.1, 0.15) is 58.8 Å². The maximum atomic E-state index is 11.9. The van der Waals surface area contributed by atoms with Gasteiger partial charge in [-0.2, -0.15) is 0 Å². The van der Waals surface area contributed by atoms with Gasteiger partial charge < -0.3 is 4.74 Å². The molecule has 0 aliphatic heterocycles. The van der Waals surface area contributed by atoms with Gasteiger partial charge >= 0.3 is 5.97 Å². The van der Waals surface area contributed by atoms with Gasteiger partial charge in [0.1, 0.15) is 5.78 Å². The van der Waals surface area contributed by atoms with Crippen molar-refractivity contribution in [2.24, 2.45) is 11.8 Å². The van der Waals surface area contributed by atoms with E-state index in [1.54, 1.807) is 0 Å². The van der Waals surface area contributed by atoms with Crippen LogP contribution in [0.25, 0.3) is 0 Å². The Labute approximate surface area is 128 Å². The van der Waals surface area contributed by atoms with E-state index in [9.17, 15) is 9.59 Å². The van der Waals surface area contributed by atoms with Crippen molar-refractivity contribution >= 4 is 11.8 Å². The SMILES string of the molecule is CCC=CCC1C(=O)CCC1CC(=O)OCC/C=C\CC. The van der Waals surface area contributed by atoms with Gasteiger partial charge in [0.25, 0.3) is 0 Å². The zero-order chi connectivity index (χ0) is 15.5. The van der Waals surface area contributed by atoms with Crippen molar-refractivity contribution in [3.63, 3.8) is 0 Å². The van der Waals surface area contributed by atoms with Crippen LogP contribution in [-0.4, -0.2) is 18.4 Å². The molecular weight excluding hydrogens is 264 g/mol. The normalized spacial score (nSPS) is 22.5. The van der Waals surface area contributed by atoms with Crippen LogP contribution >= 0.6 is 0 Å². The Balaban J connectivity index is 2.34. The second-order valence-electron chi connectivity index (χ2n) is 5.58. The van der Waals surface area contributed by atoms with Gasteiger partial charge in [0.2, 0.25) is 0 Å². The molecule has 1 fully saturated rings. The van der Waals surface area contributed by atoms with Crippen LogP contribution in [0.4, 0.5) is 0 Å². The predicted octanol–water partition coefficient (Wildman–Crippen LogP) is 4.23. The van der Waals surface area contributed by atoms with Crippen molar-refractivity contribution in [3.05, 3.63) is 24.3 Å². The maximum absolute atomic E-state index is 11.9. The second-order valence-corrected chi connectivity index (χ2v) is 5.58. The molecular formula is C18H28O3. The van der Waals surface area contributed by atoms with Crippen molar-refractivity contribution in [2.45, 2.75) is 58.8 Å². The first-order chi connectivity index (χ1) is 10.2. The standard InChI is InChI=1S/C18H28O3/c1-3-5-7-9-13-21-18(20)14-15-11-12-17(19)16(15)10-8-6-4-2/h5-8,15-16H,3-4,9-14H2,1-2H3/b7-5-,8-6?. The molecule has 0 aromatic carbocycles. The Hall–Kier alpha value is -1.38. The van der Waals surface area contributed by atoms with Crippen LogP contribution in [-0.2, 0) is 14.3 Å². The lowest BCUT2D eigenvalue weighted by atomic mass is 9.89. The van der Waals surface area contributed by atoms with Gasteiger partial charge in [0, 0.05) is 18.8 Å². The summed E-state index contributed by atoms with van der Waals surface area (Å²) in [5, 5.41) is 0. The number of carbonyl (C=O) groups excluding carboxylic acids is 2. The van der Waals surface area contributed by atoms with E-state index in [-0.39, 0.29) is 17.8 Å². The van der Waals surface area contributed by atoms with Crippen molar-refractivity contribution < 1.29 is 14.3 Å². The highest BCUT2D eigenvalue weighted by molar-refractivity contribution is 5.84. The van der Waals surface area contributed by atoms with Gasteiger partial charge in [-0.05, 0) is 38.0 Å². The van der Waals surface area contributed by atoms with Crippen molar-refractivity contribution in [1.29, 1.82) is 0 Å². The molecule has 21 heavy (non-hydrogen) atoms. The van der Waals surface area contributed by atoms with Crippen LogP contribution in [0.2, 0.25) is 0 Å². The van der Waals surface area contributed by atoms with Crippen LogP contribution in [0, 0.1) is 11.8 Å². The molecule has 0 aromatic rings. The summed E-state index contributed by atoms with van der Waals surface area (Å²) in [6.45, 7) is 4.60. The summed E-state index contributed by atoms with van der Waals surface area (Å²) in [6, 6.07) is 0. The minimum absolute atomic E-state index is 0.0142. The molecule has 3 nitrogen and oxygen atoms in total. The van der Waals surface area contributed by atoms with Gasteiger partial charge in [0.05, 0.1) is 6.61 Å². The third-order valence-corrected chi connectivity index (χ3v) is 3.92. The van der Waals surface area contributed by atoms with E-state index in [2.05, 4.69) is 32.1 Å². The summed E-state index contributed by atoms with van der Waals surface area (Å²) in [6.07, 6.45) is 13.6.